The smallest absolute Gasteiger partial charge is 1.00 e. The largest absolute Gasteiger partial charge is 2.00 e. The molecule has 1 aromatic carbocycles. The van der Waals surface area contributed by atoms with Crippen LogP contribution in [0.5, 0.6) is 0 Å². The van der Waals surface area contributed by atoms with Crippen LogP contribution < -0.4 is 17.0 Å². The van der Waals surface area contributed by atoms with E-state index >= 15 is 0 Å². The second-order valence-corrected chi connectivity index (χ2v) is 2.49. The molecule has 0 aliphatic heterocycles. The van der Waals surface area contributed by atoms with E-state index in [-0.39, 0.29) is 46.3 Å². The first-order valence-electron chi connectivity index (χ1n) is 3.88. The molecule has 1 rings (SSSR count). The molecule has 1 aromatic rings. The fourth-order valence-corrected chi connectivity index (χ4v) is 1.000. The minimum atomic E-state index is -0.163. The Morgan fingerprint density at radius 1 is 1.29 bits per heavy atom. The Labute approximate surface area is 112 Å². The third-order valence-electron chi connectivity index (χ3n) is 1.69. The maximum Gasteiger partial charge on any atom is 2.00 e. The number of ether oxygens (including phenoxy) is 2. The van der Waals surface area contributed by atoms with Crippen molar-refractivity contribution in [3.8, 4) is 0 Å². The van der Waals surface area contributed by atoms with Gasteiger partial charge in [0.25, 0.3) is 0 Å². The molecule has 2 nitrogen and oxygen atoms in total. The van der Waals surface area contributed by atoms with E-state index in [9.17, 15) is 0 Å². The molecular formula is C10H13BrMgO2. The van der Waals surface area contributed by atoms with Gasteiger partial charge in [-0.1, -0.05) is 0 Å². The maximum absolute atomic E-state index is 5.06. The molecule has 0 saturated heterocycles. The van der Waals surface area contributed by atoms with Crippen LogP contribution in [0.15, 0.2) is 24.3 Å². The Morgan fingerprint density at radius 3 is 2.36 bits per heavy atom. The first kappa shape index (κ1) is 16.8. The molecule has 0 aliphatic carbocycles. The minimum absolute atomic E-state index is 0. The average Bonchev–Trinajstić information content (AvgIpc) is 2.16. The molecule has 4 heteroatoms. The van der Waals surface area contributed by atoms with Crippen molar-refractivity contribution >= 4 is 23.1 Å². The van der Waals surface area contributed by atoms with Crippen molar-refractivity contribution < 1.29 is 26.5 Å². The summed E-state index contributed by atoms with van der Waals surface area (Å²) >= 11 is 0. The molecule has 0 radical (unpaired) electrons. The summed E-state index contributed by atoms with van der Waals surface area (Å²) < 4.78 is 10.1. The van der Waals surface area contributed by atoms with Gasteiger partial charge in [0, 0.05) is 20.6 Å². The zero-order chi connectivity index (χ0) is 8.81. The zero-order valence-corrected chi connectivity index (χ0v) is 11.5. The van der Waals surface area contributed by atoms with Crippen molar-refractivity contribution in [3.63, 3.8) is 0 Å². The Hall–Kier alpha value is 0.386. The van der Waals surface area contributed by atoms with Crippen LogP contribution in [0.3, 0.4) is 0 Å². The van der Waals surface area contributed by atoms with E-state index in [1.807, 2.05) is 24.3 Å². The van der Waals surface area contributed by atoms with Gasteiger partial charge in [0.15, 0.2) is 6.29 Å². The van der Waals surface area contributed by atoms with Gasteiger partial charge in [0.2, 0.25) is 0 Å². The van der Waals surface area contributed by atoms with Crippen LogP contribution in [-0.2, 0) is 15.9 Å². The number of benzene rings is 1. The van der Waals surface area contributed by atoms with Gasteiger partial charge in [0.05, 0.1) is 0 Å². The molecular weight excluding hydrogens is 256 g/mol. The predicted octanol–water partition coefficient (Wildman–Crippen LogP) is -1.73. The number of hydrogen-bond acceptors (Lipinski definition) is 2. The maximum atomic E-state index is 5.06. The van der Waals surface area contributed by atoms with E-state index in [4.69, 9.17) is 9.47 Å². The number of methoxy groups -OCH3 is 2. The second-order valence-electron chi connectivity index (χ2n) is 2.49. The molecule has 0 amide bonds. The molecule has 14 heavy (non-hydrogen) atoms. The van der Waals surface area contributed by atoms with E-state index in [1.165, 1.54) is 0 Å². The van der Waals surface area contributed by atoms with Crippen molar-refractivity contribution in [2.75, 3.05) is 14.2 Å². The van der Waals surface area contributed by atoms with Crippen LogP contribution in [0.25, 0.3) is 0 Å². The molecule has 0 aromatic heterocycles. The Balaban J connectivity index is 0. The predicted molar refractivity (Wildman–Crippen MR) is 52.5 cm³/mol. The van der Waals surface area contributed by atoms with E-state index in [1.54, 1.807) is 14.2 Å². The standard InChI is InChI=1S/C10H13O2.BrH.Mg/c1-11-10(12-2)8-9-6-4-3-5-7-9;;/h3-6,10H,8H2,1-2H3;1H;/q-1;;+2/p-1. The van der Waals surface area contributed by atoms with Crippen LogP contribution >= 0.6 is 0 Å². The number of hydrogen-bond donors (Lipinski definition) is 0. The van der Waals surface area contributed by atoms with E-state index in [0.29, 0.717) is 0 Å². The van der Waals surface area contributed by atoms with Gasteiger partial charge in [-0.3, -0.25) is 0 Å². The monoisotopic (exact) mass is 268 g/mol. The molecule has 0 fully saturated rings. The fraction of sp³-hybridized carbons (Fsp3) is 0.400. The normalized spacial score (nSPS) is 9.07. The van der Waals surface area contributed by atoms with Crippen molar-refractivity contribution in [2.45, 2.75) is 12.7 Å². The summed E-state index contributed by atoms with van der Waals surface area (Å²) in [6.45, 7) is 0. The van der Waals surface area contributed by atoms with Crippen LogP contribution in [0.1, 0.15) is 5.56 Å². The van der Waals surface area contributed by atoms with Gasteiger partial charge in [0.1, 0.15) is 0 Å². The third kappa shape index (κ3) is 5.98. The molecule has 0 heterocycles. The summed E-state index contributed by atoms with van der Waals surface area (Å²) in [5.41, 5.74) is 1.10. The van der Waals surface area contributed by atoms with E-state index in [2.05, 4.69) is 6.07 Å². The number of rotatable bonds is 4. The van der Waals surface area contributed by atoms with Gasteiger partial charge in [-0.05, 0) is 0 Å². The second kappa shape index (κ2) is 9.92. The van der Waals surface area contributed by atoms with Gasteiger partial charge >= 0.3 is 23.1 Å². The molecule has 0 spiro atoms. The van der Waals surface area contributed by atoms with Crippen molar-refractivity contribution in [3.05, 3.63) is 35.9 Å². The molecule has 0 N–H and O–H groups in total. The van der Waals surface area contributed by atoms with Crippen LogP contribution in [-0.4, -0.2) is 43.6 Å². The summed E-state index contributed by atoms with van der Waals surface area (Å²) in [6.07, 6.45) is 0.581. The quantitative estimate of drug-likeness (QED) is 0.367. The molecule has 0 aliphatic rings. The first-order chi connectivity index (χ1) is 5.86. The molecule has 0 atom stereocenters. The third-order valence-corrected chi connectivity index (χ3v) is 1.69. The summed E-state index contributed by atoms with van der Waals surface area (Å²) in [7, 11) is 3.27. The topological polar surface area (TPSA) is 18.5 Å². The van der Waals surface area contributed by atoms with Crippen molar-refractivity contribution in [1.82, 2.24) is 0 Å². The Bertz CT molecular complexity index is 215. The number of halogens is 1. The fourth-order valence-electron chi connectivity index (χ4n) is 1.000. The zero-order valence-electron chi connectivity index (χ0n) is 8.50. The summed E-state index contributed by atoms with van der Waals surface area (Å²) in [4.78, 5) is 0. The van der Waals surface area contributed by atoms with Gasteiger partial charge in [-0.15, -0.1) is 0 Å². The SMILES string of the molecule is COC(Cc1[c-]cccc1)OC.[Br-].[Mg+2]. The summed E-state index contributed by atoms with van der Waals surface area (Å²) in [6, 6.07) is 10.9. The van der Waals surface area contributed by atoms with E-state index in [0.717, 1.165) is 12.0 Å². The summed E-state index contributed by atoms with van der Waals surface area (Å²) in [5.74, 6) is 0. The van der Waals surface area contributed by atoms with Crippen LogP contribution in [0.2, 0.25) is 0 Å². The Kier molecular flexibility index (Phi) is 11.9. The molecule has 74 valence electrons. The average molecular weight is 269 g/mol. The van der Waals surface area contributed by atoms with Gasteiger partial charge in [-0.25, -0.2) is 0 Å². The summed E-state index contributed by atoms with van der Waals surface area (Å²) in [5, 5.41) is 0. The van der Waals surface area contributed by atoms with Crippen LogP contribution in [0.4, 0.5) is 0 Å². The van der Waals surface area contributed by atoms with Crippen LogP contribution in [0, 0.1) is 6.07 Å². The molecule has 0 saturated carbocycles. The van der Waals surface area contributed by atoms with Gasteiger partial charge in [-0.2, -0.15) is 35.9 Å². The van der Waals surface area contributed by atoms with E-state index < -0.39 is 0 Å². The molecule has 0 bridgehead atoms. The van der Waals surface area contributed by atoms with Crippen molar-refractivity contribution in [1.29, 1.82) is 0 Å². The van der Waals surface area contributed by atoms with Gasteiger partial charge < -0.3 is 26.5 Å². The minimum Gasteiger partial charge on any atom is -1.00 e. The van der Waals surface area contributed by atoms with Crippen molar-refractivity contribution in [2.24, 2.45) is 0 Å². The first-order valence-corrected chi connectivity index (χ1v) is 3.88. The molecule has 0 unspecified atom stereocenters. The Morgan fingerprint density at radius 2 is 1.93 bits per heavy atom.